The number of hydrogen-bond acceptors (Lipinski definition) is 4. The maximum absolute atomic E-state index is 6.32. The second-order valence-electron chi connectivity index (χ2n) is 8.33. The number of nitrogens with two attached hydrogens (primary N) is 1. The lowest BCUT2D eigenvalue weighted by Gasteiger charge is -2.48. The molecule has 0 spiro atoms. The van der Waals surface area contributed by atoms with Crippen molar-refractivity contribution in [2.24, 2.45) is 11.8 Å². The van der Waals surface area contributed by atoms with Gasteiger partial charge in [-0.15, -0.1) is 0 Å². The molecule has 124 valence electrons. The van der Waals surface area contributed by atoms with Crippen molar-refractivity contribution in [3.05, 3.63) is 0 Å². The zero-order valence-corrected chi connectivity index (χ0v) is 14.8. The summed E-state index contributed by atoms with van der Waals surface area (Å²) in [4.78, 5) is 2.64. The molecule has 2 rings (SSSR count). The van der Waals surface area contributed by atoms with Crippen LogP contribution in [0.1, 0.15) is 67.2 Å². The van der Waals surface area contributed by atoms with E-state index in [0.29, 0.717) is 5.92 Å². The lowest BCUT2D eigenvalue weighted by Crippen LogP contribution is -2.65. The molecule has 3 atom stereocenters. The molecule has 0 radical (unpaired) electrons. The zero-order chi connectivity index (χ0) is 15.9. The molecule has 0 aliphatic carbocycles. The quantitative estimate of drug-likeness (QED) is 0.605. The molecule has 0 saturated carbocycles. The summed E-state index contributed by atoms with van der Waals surface area (Å²) in [5, 5.41) is 0. The van der Waals surface area contributed by atoms with Gasteiger partial charge in [-0.1, -0.05) is 6.92 Å². The van der Waals surface area contributed by atoms with E-state index in [2.05, 4.69) is 51.9 Å². The van der Waals surface area contributed by atoms with Crippen LogP contribution in [0, 0.1) is 5.92 Å². The molecule has 3 N–H and O–H groups in total. The van der Waals surface area contributed by atoms with Gasteiger partial charge in [0.05, 0.1) is 11.2 Å². The molecule has 2 fully saturated rings. The van der Waals surface area contributed by atoms with Gasteiger partial charge in [0.1, 0.15) is 0 Å². The van der Waals surface area contributed by atoms with Crippen molar-refractivity contribution in [2.75, 3.05) is 13.1 Å². The minimum absolute atomic E-state index is 0.0665. The minimum atomic E-state index is -0.142. The van der Waals surface area contributed by atoms with Gasteiger partial charge in [0, 0.05) is 17.5 Å². The van der Waals surface area contributed by atoms with Gasteiger partial charge < -0.3 is 4.74 Å². The van der Waals surface area contributed by atoms with Gasteiger partial charge in [0.2, 0.25) is 0 Å². The molecule has 3 unspecified atom stereocenters. The summed E-state index contributed by atoms with van der Waals surface area (Å²) in [5.41, 5.74) is 3.07. The van der Waals surface area contributed by atoms with Crippen LogP contribution in [0.15, 0.2) is 0 Å². The maximum Gasteiger partial charge on any atom is 0.0678 e. The molecule has 0 aromatic heterocycles. The van der Waals surface area contributed by atoms with Crippen LogP contribution in [0.4, 0.5) is 0 Å². The zero-order valence-electron chi connectivity index (χ0n) is 14.8. The molecule has 0 amide bonds. The van der Waals surface area contributed by atoms with Crippen LogP contribution in [0.2, 0.25) is 0 Å². The van der Waals surface area contributed by atoms with Gasteiger partial charge in [-0.05, 0) is 73.4 Å². The Morgan fingerprint density at radius 1 is 1.29 bits per heavy atom. The molecule has 2 aliphatic rings. The molecule has 2 aliphatic heterocycles. The summed E-state index contributed by atoms with van der Waals surface area (Å²) in [7, 11) is 0. The molecule has 0 bridgehead atoms. The van der Waals surface area contributed by atoms with E-state index in [9.17, 15) is 0 Å². The Hall–Kier alpha value is -0.160. The molecule has 0 aromatic carbocycles. The Labute approximate surface area is 130 Å². The summed E-state index contributed by atoms with van der Waals surface area (Å²) < 4.78 is 6.32. The van der Waals surface area contributed by atoms with Crippen molar-refractivity contribution in [3.8, 4) is 0 Å². The summed E-state index contributed by atoms with van der Waals surface area (Å²) in [5.74, 6) is 6.48. The highest BCUT2D eigenvalue weighted by atomic mass is 16.5. The van der Waals surface area contributed by atoms with E-state index in [4.69, 9.17) is 10.6 Å². The Bertz CT molecular complexity index is 363. The number of rotatable bonds is 5. The number of nitrogens with zero attached hydrogens (tertiary/aromatic N) is 1. The lowest BCUT2D eigenvalue weighted by atomic mass is 9.72. The SMILES string of the molecule is CCC(C)(C(NN)C1CC(C)(C)OC1(C)C)N1CCCC1. The third-order valence-corrected chi connectivity index (χ3v) is 5.94. The fourth-order valence-electron chi connectivity index (χ4n) is 4.72. The Morgan fingerprint density at radius 2 is 1.86 bits per heavy atom. The van der Waals surface area contributed by atoms with Gasteiger partial charge in [-0.3, -0.25) is 16.2 Å². The highest BCUT2D eigenvalue weighted by Gasteiger charge is 2.54. The summed E-state index contributed by atoms with van der Waals surface area (Å²) >= 11 is 0. The molecule has 2 heterocycles. The first-order chi connectivity index (χ1) is 9.66. The van der Waals surface area contributed by atoms with E-state index in [1.54, 1.807) is 0 Å². The summed E-state index contributed by atoms with van der Waals surface area (Å²) in [6.07, 6.45) is 4.78. The summed E-state index contributed by atoms with van der Waals surface area (Å²) in [6.45, 7) is 15.9. The number of likely N-dealkylation sites (tertiary alicyclic amines) is 1. The second kappa shape index (κ2) is 5.80. The fraction of sp³-hybridized carbons (Fsp3) is 1.00. The molecule has 21 heavy (non-hydrogen) atoms. The van der Waals surface area contributed by atoms with E-state index in [1.165, 1.54) is 25.9 Å². The normalized spacial score (nSPS) is 33.0. The molecular formula is C17H35N3O. The standard InChI is InChI=1S/C17H35N3O/c1-7-17(6,20-10-8-9-11-20)14(19-18)13-12-15(2,3)21-16(13,4)5/h13-14,19H,7-12,18H2,1-6H3. The molecular weight excluding hydrogens is 262 g/mol. The highest BCUT2D eigenvalue weighted by Crippen LogP contribution is 2.47. The average Bonchev–Trinajstić information content (AvgIpc) is 2.96. The highest BCUT2D eigenvalue weighted by molar-refractivity contribution is 5.08. The molecule has 2 saturated heterocycles. The lowest BCUT2D eigenvalue weighted by molar-refractivity contribution is -0.0851. The van der Waals surface area contributed by atoms with E-state index in [1.807, 2.05) is 0 Å². The van der Waals surface area contributed by atoms with Gasteiger partial charge >= 0.3 is 0 Å². The van der Waals surface area contributed by atoms with Crippen LogP contribution >= 0.6 is 0 Å². The van der Waals surface area contributed by atoms with Crippen LogP contribution in [0.3, 0.4) is 0 Å². The largest absolute Gasteiger partial charge is 0.369 e. The molecule has 4 nitrogen and oxygen atoms in total. The first-order valence-electron chi connectivity index (χ1n) is 8.57. The first kappa shape index (κ1) is 17.2. The predicted octanol–water partition coefficient (Wildman–Crippen LogP) is 2.68. The van der Waals surface area contributed by atoms with Gasteiger partial charge in [-0.25, -0.2) is 0 Å². The van der Waals surface area contributed by atoms with Gasteiger partial charge in [0.25, 0.3) is 0 Å². The minimum Gasteiger partial charge on any atom is -0.369 e. The van der Waals surface area contributed by atoms with Crippen LogP contribution in [0.5, 0.6) is 0 Å². The Kier molecular flexibility index (Phi) is 4.75. The number of nitrogens with one attached hydrogen (secondary N) is 1. The molecule has 0 aromatic rings. The van der Waals surface area contributed by atoms with Crippen LogP contribution < -0.4 is 11.3 Å². The first-order valence-corrected chi connectivity index (χ1v) is 8.57. The van der Waals surface area contributed by atoms with E-state index < -0.39 is 0 Å². The van der Waals surface area contributed by atoms with Crippen molar-refractivity contribution in [1.29, 1.82) is 0 Å². The average molecular weight is 297 g/mol. The van der Waals surface area contributed by atoms with Crippen LogP contribution in [-0.2, 0) is 4.74 Å². The van der Waals surface area contributed by atoms with Gasteiger partial charge in [0.15, 0.2) is 0 Å². The predicted molar refractivity (Wildman–Crippen MR) is 88.0 cm³/mol. The van der Waals surface area contributed by atoms with Crippen molar-refractivity contribution in [1.82, 2.24) is 10.3 Å². The fourth-order valence-corrected chi connectivity index (χ4v) is 4.72. The number of hydrogen-bond donors (Lipinski definition) is 2. The van der Waals surface area contributed by atoms with Crippen molar-refractivity contribution in [3.63, 3.8) is 0 Å². The van der Waals surface area contributed by atoms with Crippen LogP contribution in [-0.4, -0.2) is 40.8 Å². The third kappa shape index (κ3) is 3.14. The number of hydrazine groups is 1. The van der Waals surface area contributed by atoms with Crippen LogP contribution in [0.25, 0.3) is 0 Å². The summed E-state index contributed by atoms with van der Waals surface area (Å²) in [6, 6.07) is 0.248. The maximum atomic E-state index is 6.32. The second-order valence-corrected chi connectivity index (χ2v) is 8.33. The molecule has 4 heteroatoms. The van der Waals surface area contributed by atoms with E-state index in [-0.39, 0.29) is 22.8 Å². The Balaban J connectivity index is 2.29. The smallest absolute Gasteiger partial charge is 0.0678 e. The van der Waals surface area contributed by atoms with Crippen molar-refractivity contribution < 1.29 is 4.74 Å². The number of ether oxygens (including phenoxy) is 1. The topological polar surface area (TPSA) is 50.5 Å². The monoisotopic (exact) mass is 297 g/mol. The van der Waals surface area contributed by atoms with E-state index in [0.717, 1.165) is 12.8 Å². The Morgan fingerprint density at radius 3 is 2.24 bits per heavy atom. The van der Waals surface area contributed by atoms with Crippen molar-refractivity contribution in [2.45, 2.75) is 90.0 Å². The van der Waals surface area contributed by atoms with Gasteiger partial charge in [-0.2, -0.15) is 0 Å². The third-order valence-electron chi connectivity index (χ3n) is 5.94. The van der Waals surface area contributed by atoms with Crippen molar-refractivity contribution >= 4 is 0 Å². The van der Waals surface area contributed by atoms with E-state index >= 15 is 0 Å².